The molecule has 4 nitrogen and oxygen atoms in total. The Kier molecular flexibility index (Phi) is 4.29. The average Bonchev–Trinajstić information content (AvgIpc) is 2.93. The number of carbonyl (C=O) groups is 2. The van der Waals surface area contributed by atoms with E-state index in [1.54, 1.807) is 4.90 Å². The second kappa shape index (κ2) is 6.18. The number of carbonyl (C=O) groups excluding carboxylic acids is 2. The van der Waals surface area contributed by atoms with Crippen LogP contribution in [0.25, 0.3) is 0 Å². The molecule has 2 fully saturated rings. The molecule has 0 radical (unpaired) electrons. The topological polar surface area (TPSA) is 49.4 Å². The van der Waals surface area contributed by atoms with Crippen LogP contribution < -0.4 is 5.32 Å². The van der Waals surface area contributed by atoms with Crippen LogP contribution in [0.5, 0.6) is 0 Å². The molecule has 5 heteroatoms. The van der Waals surface area contributed by atoms with Gasteiger partial charge in [0.1, 0.15) is 0 Å². The zero-order valence-corrected chi connectivity index (χ0v) is 13.2. The fraction of sp³-hybridized carbons (Fsp3) is 0.625. The summed E-state index contributed by atoms with van der Waals surface area (Å²) in [4.78, 5) is 26.9. The van der Waals surface area contributed by atoms with Gasteiger partial charge in [-0.25, -0.2) is 0 Å². The van der Waals surface area contributed by atoms with Gasteiger partial charge in [0.15, 0.2) is 0 Å². The maximum Gasteiger partial charge on any atom is 0.263 e. The van der Waals surface area contributed by atoms with Crippen molar-refractivity contribution in [2.45, 2.75) is 38.6 Å². The van der Waals surface area contributed by atoms with Gasteiger partial charge in [0.25, 0.3) is 5.91 Å². The van der Waals surface area contributed by atoms with Gasteiger partial charge in [0, 0.05) is 19.1 Å². The molecule has 2 atom stereocenters. The smallest absolute Gasteiger partial charge is 0.263 e. The van der Waals surface area contributed by atoms with E-state index in [1.165, 1.54) is 30.6 Å². The Labute approximate surface area is 129 Å². The van der Waals surface area contributed by atoms with Crippen molar-refractivity contribution in [3.05, 3.63) is 22.4 Å². The Morgan fingerprint density at radius 2 is 2.05 bits per heavy atom. The second-order valence-electron chi connectivity index (χ2n) is 6.26. The van der Waals surface area contributed by atoms with Gasteiger partial charge in [-0.15, -0.1) is 11.3 Å². The van der Waals surface area contributed by atoms with E-state index in [0.717, 1.165) is 11.3 Å². The van der Waals surface area contributed by atoms with Crippen molar-refractivity contribution in [3.8, 4) is 0 Å². The van der Waals surface area contributed by atoms with Crippen molar-refractivity contribution in [2.24, 2.45) is 11.8 Å². The van der Waals surface area contributed by atoms with Crippen molar-refractivity contribution in [2.75, 3.05) is 13.1 Å². The highest BCUT2D eigenvalue weighted by atomic mass is 32.1. The lowest BCUT2D eigenvalue weighted by Crippen LogP contribution is -2.57. The Hall–Kier alpha value is -1.36. The monoisotopic (exact) mass is 306 g/mol. The molecule has 1 N–H and O–H groups in total. The van der Waals surface area contributed by atoms with E-state index in [4.69, 9.17) is 0 Å². The maximum atomic E-state index is 12.2. The molecule has 1 aromatic heterocycles. The minimum Gasteiger partial charge on any atom is -0.353 e. The van der Waals surface area contributed by atoms with E-state index in [-0.39, 0.29) is 17.7 Å². The number of likely N-dealkylation sites (tertiary alicyclic amines) is 1. The van der Waals surface area contributed by atoms with Gasteiger partial charge in [0.2, 0.25) is 5.91 Å². The summed E-state index contributed by atoms with van der Waals surface area (Å²) in [6.45, 7) is 3.34. The van der Waals surface area contributed by atoms with Crippen molar-refractivity contribution in [1.82, 2.24) is 10.2 Å². The van der Waals surface area contributed by atoms with E-state index >= 15 is 0 Å². The SMILES string of the molecule is CC1CCCCC1NC(=O)C1CN(C(=O)c2cccs2)C1. The highest BCUT2D eigenvalue weighted by Gasteiger charge is 2.37. The lowest BCUT2D eigenvalue weighted by atomic mass is 9.85. The first-order chi connectivity index (χ1) is 10.1. The zero-order valence-electron chi connectivity index (χ0n) is 12.4. The number of hydrogen-bond donors (Lipinski definition) is 1. The van der Waals surface area contributed by atoms with Gasteiger partial charge in [-0.1, -0.05) is 25.8 Å². The molecule has 1 aliphatic heterocycles. The normalized spacial score (nSPS) is 26.2. The van der Waals surface area contributed by atoms with Crippen molar-refractivity contribution in [1.29, 1.82) is 0 Å². The van der Waals surface area contributed by atoms with Crippen molar-refractivity contribution in [3.63, 3.8) is 0 Å². The second-order valence-corrected chi connectivity index (χ2v) is 7.21. The molecule has 3 rings (SSSR count). The molecule has 0 spiro atoms. The van der Waals surface area contributed by atoms with E-state index in [0.29, 0.717) is 25.0 Å². The standard InChI is InChI=1S/C16H22N2O2S/c1-11-5-2-3-6-13(11)17-15(19)12-9-18(10-12)16(20)14-7-4-8-21-14/h4,7-8,11-13H,2-3,5-6,9-10H2,1H3,(H,17,19). The van der Waals surface area contributed by atoms with Crippen LogP contribution in [0.4, 0.5) is 0 Å². The molecular formula is C16H22N2O2S. The first-order valence-electron chi connectivity index (χ1n) is 7.78. The molecule has 2 aliphatic rings. The molecule has 2 unspecified atom stereocenters. The summed E-state index contributed by atoms with van der Waals surface area (Å²) in [5, 5.41) is 5.09. The molecular weight excluding hydrogens is 284 g/mol. The van der Waals surface area contributed by atoms with E-state index in [1.807, 2.05) is 17.5 Å². The number of nitrogens with zero attached hydrogens (tertiary/aromatic N) is 1. The minimum absolute atomic E-state index is 0.0250. The Morgan fingerprint density at radius 3 is 2.71 bits per heavy atom. The lowest BCUT2D eigenvalue weighted by Gasteiger charge is -2.39. The predicted octanol–water partition coefficient (Wildman–Crippen LogP) is 2.52. The molecule has 0 bridgehead atoms. The molecule has 1 saturated heterocycles. The van der Waals surface area contributed by atoms with Crippen LogP contribution in [0.1, 0.15) is 42.3 Å². The van der Waals surface area contributed by atoms with Crippen LogP contribution in [-0.2, 0) is 4.79 Å². The van der Waals surface area contributed by atoms with Crippen LogP contribution >= 0.6 is 11.3 Å². The molecule has 2 amide bonds. The summed E-state index contributed by atoms with van der Waals surface area (Å²) in [5.74, 6) is 0.735. The third kappa shape index (κ3) is 3.12. The van der Waals surface area contributed by atoms with E-state index < -0.39 is 0 Å². The van der Waals surface area contributed by atoms with Gasteiger partial charge in [-0.3, -0.25) is 9.59 Å². The summed E-state index contributed by atoms with van der Waals surface area (Å²) in [6, 6.07) is 4.05. The fourth-order valence-corrected chi connectivity index (χ4v) is 3.89. The summed E-state index contributed by atoms with van der Waals surface area (Å²) in [6.07, 6.45) is 4.79. The van der Waals surface area contributed by atoms with Gasteiger partial charge >= 0.3 is 0 Å². The highest BCUT2D eigenvalue weighted by Crippen LogP contribution is 2.25. The van der Waals surface area contributed by atoms with Crippen molar-refractivity contribution >= 4 is 23.2 Å². The summed E-state index contributed by atoms with van der Waals surface area (Å²) in [7, 11) is 0. The minimum atomic E-state index is -0.0250. The molecule has 0 aromatic carbocycles. The number of thiophene rings is 1. The maximum absolute atomic E-state index is 12.2. The molecule has 1 aliphatic carbocycles. The lowest BCUT2D eigenvalue weighted by molar-refractivity contribution is -0.130. The highest BCUT2D eigenvalue weighted by molar-refractivity contribution is 7.12. The largest absolute Gasteiger partial charge is 0.353 e. The fourth-order valence-electron chi connectivity index (χ4n) is 3.20. The van der Waals surface area contributed by atoms with Crippen LogP contribution in [0.3, 0.4) is 0 Å². The summed E-state index contributed by atoms with van der Waals surface area (Å²) >= 11 is 1.46. The Balaban J connectivity index is 1.47. The van der Waals surface area contributed by atoms with Crippen LogP contribution in [0.2, 0.25) is 0 Å². The van der Waals surface area contributed by atoms with E-state index in [9.17, 15) is 9.59 Å². The first kappa shape index (κ1) is 14.6. The quantitative estimate of drug-likeness (QED) is 0.933. The number of hydrogen-bond acceptors (Lipinski definition) is 3. The first-order valence-corrected chi connectivity index (χ1v) is 8.66. The summed E-state index contributed by atoms with van der Waals surface area (Å²) in [5.41, 5.74) is 0. The molecule has 2 heterocycles. The zero-order chi connectivity index (χ0) is 14.8. The molecule has 114 valence electrons. The van der Waals surface area contributed by atoms with Crippen LogP contribution in [0, 0.1) is 11.8 Å². The van der Waals surface area contributed by atoms with Crippen molar-refractivity contribution < 1.29 is 9.59 Å². The summed E-state index contributed by atoms with van der Waals surface area (Å²) < 4.78 is 0. The Bertz CT molecular complexity index is 508. The molecule has 21 heavy (non-hydrogen) atoms. The number of rotatable bonds is 3. The molecule has 1 aromatic rings. The number of amides is 2. The van der Waals surface area contributed by atoms with E-state index in [2.05, 4.69) is 12.2 Å². The van der Waals surface area contributed by atoms with Gasteiger partial charge in [-0.05, 0) is 30.2 Å². The third-order valence-corrected chi connectivity index (χ3v) is 5.57. The number of nitrogens with one attached hydrogen (secondary N) is 1. The van der Waals surface area contributed by atoms with Gasteiger partial charge in [0.05, 0.1) is 10.8 Å². The van der Waals surface area contributed by atoms with Gasteiger partial charge < -0.3 is 10.2 Å². The van der Waals surface area contributed by atoms with Crippen LogP contribution in [0.15, 0.2) is 17.5 Å². The van der Waals surface area contributed by atoms with Crippen LogP contribution in [-0.4, -0.2) is 35.8 Å². The Morgan fingerprint density at radius 1 is 1.29 bits per heavy atom. The third-order valence-electron chi connectivity index (χ3n) is 4.71. The van der Waals surface area contributed by atoms with Gasteiger partial charge in [-0.2, -0.15) is 0 Å². The molecule has 1 saturated carbocycles. The predicted molar refractivity (Wildman–Crippen MR) is 83.3 cm³/mol. The average molecular weight is 306 g/mol.